The number of amides is 1. The summed E-state index contributed by atoms with van der Waals surface area (Å²) in [6.45, 7) is 10.5. The van der Waals surface area contributed by atoms with Crippen LogP contribution in [0.4, 0.5) is 10.7 Å². The molecule has 0 bridgehead atoms. The number of benzene rings is 2. The number of ether oxygens (including phenoxy) is 2. The summed E-state index contributed by atoms with van der Waals surface area (Å²) in [5, 5.41) is 4.31. The van der Waals surface area contributed by atoms with Crippen molar-refractivity contribution in [2.75, 3.05) is 44.7 Å². The molecular weight excluding hydrogens is 580 g/mol. The van der Waals surface area contributed by atoms with E-state index in [-0.39, 0.29) is 29.3 Å². The van der Waals surface area contributed by atoms with Gasteiger partial charge in [-0.05, 0) is 61.9 Å². The highest BCUT2D eigenvalue weighted by atomic mass is 16.6. The molecule has 0 unspecified atom stereocenters. The van der Waals surface area contributed by atoms with Gasteiger partial charge in [0.2, 0.25) is 5.95 Å². The highest BCUT2D eigenvalue weighted by molar-refractivity contribution is 5.75. The number of carbonyl (C=O) groups excluding carboxylic acids is 1. The van der Waals surface area contributed by atoms with Gasteiger partial charge in [0.25, 0.3) is 5.56 Å². The highest BCUT2D eigenvalue weighted by Gasteiger charge is 2.42. The Kier molecular flexibility index (Phi) is 9.65. The summed E-state index contributed by atoms with van der Waals surface area (Å²) in [7, 11) is 0. The van der Waals surface area contributed by atoms with Gasteiger partial charge in [0.05, 0.1) is 11.6 Å². The van der Waals surface area contributed by atoms with E-state index in [4.69, 9.17) is 14.5 Å². The molecule has 2 aliphatic rings. The maximum absolute atomic E-state index is 12.8. The number of para-hydroxylation sites is 1. The van der Waals surface area contributed by atoms with Gasteiger partial charge in [-0.2, -0.15) is 4.98 Å². The third-order valence-electron chi connectivity index (χ3n) is 9.68. The van der Waals surface area contributed by atoms with Crippen LogP contribution in [-0.2, 0) is 10.3 Å². The van der Waals surface area contributed by atoms with Gasteiger partial charge in [0.15, 0.2) is 0 Å². The first kappa shape index (κ1) is 31.7. The number of rotatable bonds is 9. The third-order valence-corrected chi connectivity index (χ3v) is 9.68. The smallest absolute Gasteiger partial charge is 0.410 e. The maximum atomic E-state index is 12.8. The van der Waals surface area contributed by atoms with Crippen LogP contribution in [0.1, 0.15) is 69.7 Å². The lowest BCUT2D eigenvalue weighted by molar-refractivity contribution is -0.0483. The van der Waals surface area contributed by atoms with E-state index < -0.39 is 0 Å². The second-order valence-corrected chi connectivity index (χ2v) is 12.3. The summed E-state index contributed by atoms with van der Waals surface area (Å²) in [6.07, 6.45) is 5.00. The van der Waals surface area contributed by atoms with E-state index >= 15 is 0 Å². The first-order valence-corrected chi connectivity index (χ1v) is 16.5. The van der Waals surface area contributed by atoms with Crippen molar-refractivity contribution in [3.63, 3.8) is 0 Å². The normalized spacial score (nSPS) is 17.6. The van der Waals surface area contributed by atoms with Gasteiger partial charge in [-0.25, -0.2) is 9.78 Å². The third kappa shape index (κ3) is 6.50. The van der Waals surface area contributed by atoms with Crippen LogP contribution in [0.3, 0.4) is 0 Å². The second-order valence-electron chi connectivity index (χ2n) is 12.3. The summed E-state index contributed by atoms with van der Waals surface area (Å²) in [5.74, 6) is 1.06. The molecule has 10 nitrogen and oxygen atoms in total. The molecule has 4 heterocycles. The zero-order valence-electron chi connectivity index (χ0n) is 27.0. The predicted molar refractivity (Wildman–Crippen MR) is 179 cm³/mol. The number of pyridine rings is 1. The molecule has 0 spiro atoms. The average Bonchev–Trinajstić information content (AvgIpc) is 3.10. The van der Waals surface area contributed by atoms with E-state index in [0.717, 1.165) is 49.7 Å². The number of piperazine rings is 1. The minimum absolute atomic E-state index is 0.0370. The van der Waals surface area contributed by atoms with Crippen LogP contribution in [0.5, 0.6) is 5.75 Å². The first-order valence-electron chi connectivity index (χ1n) is 16.5. The molecule has 2 saturated heterocycles. The van der Waals surface area contributed by atoms with Gasteiger partial charge in [-0.1, -0.05) is 56.3 Å². The Labute approximate surface area is 270 Å². The van der Waals surface area contributed by atoms with E-state index in [2.05, 4.69) is 60.2 Å². The number of hydrogen-bond donors (Lipinski definition) is 1. The van der Waals surface area contributed by atoms with Crippen LogP contribution in [-0.4, -0.2) is 69.8 Å². The molecule has 1 amide bonds. The number of nitrogens with one attached hydrogen (secondary N) is 1. The molecule has 4 aromatic rings. The zero-order valence-corrected chi connectivity index (χ0v) is 27.0. The fourth-order valence-corrected chi connectivity index (χ4v) is 6.94. The molecule has 1 N–H and O–H groups in total. The van der Waals surface area contributed by atoms with Crippen molar-refractivity contribution in [1.82, 2.24) is 24.3 Å². The minimum atomic E-state index is -0.299. The van der Waals surface area contributed by atoms with Crippen molar-refractivity contribution >= 4 is 23.1 Å². The summed E-state index contributed by atoms with van der Waals surface area (Å²) in [4.78, 5) is 39.3. The van der Waals surface area contributed by atoms with Crippen LogP contribution in [0.2, 0.25) is 0 Å². The van der Waals surface area contributed by atoms with Crippen LogP contribution in [0, 0.1) is 0 Å². The molecule has 6 rings (SSSR count). The lowest BCUT2D eigenvalue weighted by Gasteiger charge is -2.49. The molecule has 242 valence electrons. The Morgan fingerprint density at radius 3 is 2.33 bits per heavy atom. The number of fused-ring (bicyclic) bond motifs is 1. The Bertz CT molecular complexity index is 1670. The lowest BCUT2D eigenvalue weighted by Crippen LogP contribution is -2.58. The fraction of sp³-hybridized carbons (Fsp3) is 0.444. The van der Waals surface area contributed by atoms with Crippen molar-refractivity contribution < 1.29 is 14.3 Å². The van der Waals surface area contributed by atoms with Gasteiger partial charge in [-0.15, -0.1) is 0 Å². The fourth-order valence-electron chi connectivity index (χ4n) is 6.94. The Hall–Kier alpha value is -4.28. The van der Waals surface area contributed by atoms with Gasteiger partial charge < -0.3 is 19.7 Å². The molecule has 1 atom stereocenters. The molecule has 2 aliphatic heterocycles. The predicted octanol–water partition coefficient (Wildman–Crippen LogP) is 6.15. The number of carbonyl (C=O) groups is 1. The molecule has 0 saturated carbocycles. The van der Waals surface area contributed by atoms with Crippen molar-refractivity contribution in [3.05, 3.63) is 94.4 Å². The number of nitrogens with zero attached hydrogens (tertiary/aromatic N) is 5. The molecule has 2 aromatic heterocycles. The van der Waals surface area contributed by atoms with Crippen LogP contribution >= 0.6 is 0 Å². The molecule has 0 aliphatic carbocycles. The van der Waals surface area contributed by atoms with E-state index in [1.165, 1.54) is 5.56 Å². The van der Waals surface area contributed by atoms with Crippen molar-refractivity contribution in [1.29, 1.82) is 0 Å². The number of hydrogen-bond acceptors (Lipinski definition) is 8. The molecule has 10 heteroatoms. The Balaban J connectivity index is 1.16. The first-order chi connectivity index (χ1) is 22.4. The molecular formula is C36H44N6O4. The summed E-state index contributed by atoms with van der Waals surface area (Å²) < 4.78 is 13.2. The number of anilines is 1. The zero-order chi connectivity index (χ0) is 32.1. The van der Waals surface area contributed by atoms with Gasteiger partial charge >= 0.3 is 6.09 Å². The van der Waals surface area contributed by atoms with Gasteiger partial charge in [0, 0.05) is 63.1 Å². The maximum Gasteiger partial charge on any atom is 0.415 e. The monoisotopic (exact) mass is 624 g/mol. The van der Waals surface area contributed by atoms with E-state index in [0.29, 0.717) is 43.6 Å². The van der Waals surface area contributed by atoms with E-state index in [9.17, 15) is 9.59 Å². The van der Waals surface area contributed by atoms with E-state index in [1.807, 2.05) is 18.2 Å². The quantitative estimate of drug-likeness (QED) is 0.237. The number of aromatic nitrogens is 3. The summed E-state index contributed by atoms with van der Waals surface area (Å²) in [5.41, 5.74) is 2.86. The van der Waals surface area contributed by atoms with Crippen molar-refractivity contribution in [3.8, 4) is 5.75 Å². The average molecular weight is 625 g/mol. The molecule has 2 aromatic carbocycles. The lowest BCUT2D eigenvalue weighted by atomic mass is 9.80. The second kappa shape index (κ2) is 14.0. The SMILES string of the molecule is CCC(CC)n1c(=O)ccc2cnc(N[C@@H](C)c3ccc(C4(N5CCN(C(=O)Oc6ccccc6)CC5)CCOCC4)cc3)nc21. The Morgan fingerprint density at radius 2 is 1.65 bits per heavy atom. The van der Waals surface area contributed by atoms with Crippen LogP contribution in [0.15, 0.2) is 77.7 Å². The topological polar surface area (TPSA) is 102 Å². The van der Waals surface area contributed by atoms with E-state index in [1.54, 1.807) is 39.9 Å². The largest absolute Gasteiger partial charge is 0.415 e. The Morgan fingerprint density at radius 1 is 0.957 bits per heavy atom. The standard InChI is InChI=1S/C36H44N6O4/c1-4-30(5-2)42-32(43)16-13-28-25-37-34(39-33(28)42)38-26(3)27-11-14-29(15-12-27)36(17-23-45-24-18-36)41-21-19-40(20-22-41)35(44)46-31-9-7-6-8-10-31/h6-16,25-26,30H,4-5,17-24H2,1-3H3,(H,37,38,39)/t26-/m0/s1. The van der Waals surface area contributed by atoms with Crippen LogP contribution in [0.25, 0.3) is 11.0 Å². The molecule has 2 fully saturated rings. The summed E-state index contributed by atoms with van der Waals surface area (Å²) in [6, 6.07) is 21.5. The van der Waals surface area contributed by atoms with Crippen molar-refractivity contribution in [2.24, 2.45) is 0 Å². The van der Waals surface area contributed by atoms with Crippen LogP contribution < -0.4 is 15.6 Å². The molecule has 46 heavy (non-hydrogen) atoms. The summed E-state index contributed by atoms with van der Waals surface area (Å²) >= 11 is 0. The van der Waals surface area contributed by atoms with Crippen molar-refractivity contribution in [2.45, 2.75) is 64.1 Å². The van der Waals surface area contributed by atoms with Gasteiger partial charge in [0.1, 0.15) is 11.4 Å². The minimum Gasteiger partial charge on any atom is -0.410 e. The highest BCUT2D eigenvalue weighted by Crippen LogP contribution is 2.39. The molecule has 0 radical (unpaired) electrons. The van der Waals surface area contributed by atoms with Gasteiger partial charge in [-0.3, -0.25) is 14.3 Å².